The third-order valence-electron chi connectivity index (χ3n) is 5.55. The molecule has 1 aliphatic heterocycles. The predicted octanol–water partition coefficient (Wildman–Crippen LogP) is 3.92. The highest BCUT2D eigenvalue weighted by Gasteiger charge is 2.35. The van der Waals surface area contributed by atoms with Gasteiger partial charge in [0.25, 0.3) is 5.91 Å². The topological polar surface area (TPSA) is 78.5 Å². The third kappa shape index (κ3) is 5.03. The van der Waals surface area contributed by atoms with Crippen LogP contribution in [0.5, 0.6) is 0 Å². The lowest BCUT2D eigenvalue weighted by atomic mass is 10.1. The maximum atomic E-state index is 12.7. The van der Waals surface area contributed by atoms with Crippen molar-refractivity contribution >= 4 is 29.1 Å². The Hall–Kier alpha value is -3.93. The summed E-state index contributed by atoms with van der Waals surface area (Å²) >= 11 is 0. The van der Waals surface area contributed by atoms with Crippen LogP contribution in [0.4, 0.5) is 11.4 Å². The molecule has 0 aromatic heterocycles. The zero-order valence-electron chi connectivity index (χ0n) is 17.9. The molecular formula is C26H25N3O3. The standard InChI is InChI=1S/C26H25N3O3/c1-18-7-9-19(10-8-18)16-27-25(31)20-11-13-22(14-12-20)28-26(32)21-15-24(30)29(17-21)23-5-3-2-4-6-23/h2-14,21H,15-17H2,1H3,(H,27,31)(H,28,32). The highest BCUT2D eigenvalue weighted by atomic mass is 16.2. The van der Waals surface area contributed by atoms with Crippen LogP contribution >= 0.6 is 0 Å². The van der Waals surface area contributed by atoms with E-state index in [-0.39, 0.29) is 24.1 Å². The van der Waals surface area contributed by atoms with E-state index in [1.54, 1.807) is 29.2 Å². The maximum absolute atomic E-state index is 12.7. The second kappa shape index (κ2) is 9.47. The summed E-state index contributed by atoms with van der Waals surface area (Å²) in [6, 6.07) is 24.1. The number of aryl methyl sites for hydroxylation is 1. The molecule has 4 rings (SSSR count). The molecule has 0 aliphatic carbocycles. The third-order valence-corrected chi connectivity index (χ3v) is 5.55. The van der Waals surface area contributed by atoms with E-state index in [1.807, 2.05) is 61.5 Å². The van der Waals surface area contributed by atoms with Crippen molar-refractivity contribution in [1.29, 1.82) is 0 Å². The van der Waals surface area contributed by atoms with Gasteiger partial charge in [-0.15, -0.1) is 0 Å². The number of para-hydroxylation sites is 1. The molecule has 3 aromatic carbocycles. The summed E-state index contributed by atoms with van der Waals surface area (Å²) < 4.78 is 0. The van der Waals surface area contributed by atoms with E-state index >= 15 is 0 Å². The van der Waals surface area contributed by atoms with Gasteiger partial charge in [-0.2, -0.15) is 0 Å². The minimum atomic E-state index is -0.416. The number of anilines is 2. The van der Waals surface area contributed by atoms with E-state index in [4.69, 9.17) is 0 Å². The van der Waals surface area contributed by atoms with Crippen LogP contribution in [0.25, 0.3) is 0 Å². The van der Waals surface area contributed by atoms with Gasteiger partial charge in [0.15, 0.2) is 0 Å². The molecule has 6 heteroatoms. The number of hydrogen-bond acceptors (Lipinski definition) is 3. The van der Waals surface area contributed by atoms with Crippen molar-refractivity contribution in [3.05, 3.63) is 95.6 Å². The quantitative estimate of drug-likeness (QED) is 0.626. The number of carbonyl (C=O) groups is 3. The molecule has 2 N–H and O–H groups in total. The van der Waals surface area contributed by atoms with Crippen LogP contribution in [0.15, 0.2) is 78.9 Å². The summed E-state index contributed by atoms with van der Waals surface area (Å²) in [5, 5.41) is 5.75. The van der Waals surface area contributed by atoms with Crippen molar-refractivity contribution in [3.63, 3.8) is 0 Å². The van der Waals surface area contributed by atoms with Crippen LogP contribution in [0, 0.1) is 12.8 Å². The van der Waals surface area contributed by atoms with Crippen molar-refractivity contribution in [1.82, 2.24) is 5.32 Å². The van der Waals surface area contributed by atoms with Crippen molar-refractivity contribution in [2.45, 2.75) is 19.9 Å². The molecule has 0 spiro atoms. The fourth-order valence-electron chi connectivity index (χ4n) is 3.68. The van der Waals surface area contributed by atoms with Gasteiger partial charge in [-0.3, -0.25) is 14.4 Å². The van der Waals surface area contributed by atoms with E-state index in [1.165, 1.54) is 5.56 Å². The average Bonchev–Trinajstić information content (AvgIpc) is 3.21. The summed E-state index contributed by atoms with van der Waals surface area (Å²) in [5.74, 6) is -0.853. The smallest absolute Gasteiger partial charge is 0.251 e. The Morgan fingerprint density at radius 3 is 2.31 bits per heavy atom. The maximum Gasteiger partial charge on any atom is 0.251 e. The van der Waals surface area contributed by atoms with Crippen LogP contribution in [0.1, 0.15) is 27.9 Å². The largest absolute Gasteiger partial charge is 0.348 e. The Bertz CT molecular complexity index is 1110. The van der Waals surface area contributed by atoms with Gasteiger partial charge in [-0.25, -0.2) is 0 Å². The molecule has 1 fully saturated rings. The SMILES string of the molecule is Cc1ccc(CNC(=O)c2ccc(NC(=O)C3CC(=O)N(c4ccccc4)C3)cc2)cc1. The fraction of sp³-hybridized carbons (Fsp3) is 0.192. The number of nitrogens with zero attached hydrogens (tertiary/aromatic N) is 1. The van der Waals surface area contributed by atoms with Gasteiger partial charge in [-0.05, 0) is 48.9 Å². The molecule has 0 bridgehead atoms. The molecule has 1 atom stereocenters. The monoisotopic (exact) mass is 427 g/mol. The van der Waals surface area contributed by atoms with Crippen molar-refractivity contribution in [2.24, 2.45) is 5.92 Å². The molecule has 1 unspecified atom stereocenters. The van der Waals surface area contributed by atoms with Gasteiger partial charge in [-0.1, -0.05) is 48.0 Å². The first-order valence-corrected chi connectivity index (χ1v) is 10.6. The molecule has 3 amide bonds. The first kappa shape index (κ1) is 21.3. The van der Waals surface area contributed by atoms with E-state index in [2.05, 4.69) is 10.6 Å². The molecule has 3 aromatic rings. The molecule has 1 saturated heterocycles. The number of carbonyl (C=O) groups excluding carboxylic acids is 3. The summed E-state index contributed by atoms with van der Waals surface area (Å²) in [6.45, 7) is 2.83. The van der Waals surface area contributed by atoms with E-state index in [0.29, 0.717) is 24.3 Å². The minimum absolute atomic E-state index is 0.0584. The zero-order chi connectivity index (χ0) is 22.5. The zero-order valence-corrected chi connectivity index (χ0v) is 17.9. The molecule has 6 nitrogen and oxygen atoms in total. The summed E-state index contributed by atoms with van der Waals surface area (Å²) in [4.78, 5) is 39.1. The molecule has 1 heterocycles. The predicted molar refractivity (Wildman–Crippen MR) is 124 cm³/mol. The van der Waals surface area contributed by atoms with Gasteiger partial charge in [0.1, 0.15) is 0 Å². The van der Waals surface area contributed by atoms with Gasteiger partial charge in [0, 0.05) is 36.4 Å². The highest BCUT2D eigenvalue weighted by Crippen LogP contribution is 2.25. The van der Waals surface area contributed by atoms with E-state index in [0.717, 1.165) is 11.3 Å². The van der Waals surface area contributed by atoms with Crippen LogP contribution in [0.2, 0.25) is 0 Å². The first-order valence-electron chi connectivity index (χ1n) is 10.6. The number of amides is 3. The Morgan fingerprint density at radius 2 is 1.62 bits per heavy atom. The summed E-state index contributed by atoms with van der Waals surface area (Å²) in [6.07, 6.45) is 0.181. The van der Waals surface area contributed by atoms with Crippen LogP contribution < -0.4 is 15.5 Å². The molecular weight excluding hydrogens is 402 g/mol. The average molecular weight is 428 g/mol. The Kier molecular flexibility index (Phi) is 6.31. The highest BCUT2D eigenvalue weighted by molar-refractivity contribution is 6.03. The lowest BCUT2D eigenvalue weighted by Crippen LogP contribution is -2.28. The Balaban J connectivity index is 1.31. The van der Waals surface area contributed by atoms with Crippen molar-refractivity contribution < 1.29 is 14.4 Å². The second-order valence-corrected chi connectivity index (χ2v) is 7.98. The first-order chi connectivity index (χ1) is 15.5. The molecule has 0 radical (unpaired) electrons. The molecule has 162 valence electrons. The van der Waals surface area contributed by atoms with Crippen LogP contribution in [0.3, 0.4) is 0 Å². The van der Waals surface area contributed by atoms with E-state index in [9.17, 15) is 14.4 Å². The van der Waals surface area contributed by atoms with E-state index < -0.39 is 5.92 Å². The fourth-order valence-corrected chi connectivity index (χ4v) is 3.68. The summed E-state index contributed by atoms with van der Waals surface area (Å²) in [5.41, 5.74) is 4.11. The number of hydrogen-bond donors (Lipinski definition) is 2. The summed E-state index contributed by atoms with van der Waals surface area (Å²) in [7, 11) is 0. The van der Waals surface area contributed by atoms with Gasteiger partial charge < -0.3 is 15.5 Å². The minimum Gasteiger partial charge on any atom is -0.348 e. The van der Waals surface area contributed by atoms with Crippen LogP contribution in [-0.2, 0) is 16.1 Å². The Morgan fingerprint density at radius 1 is 0.938 bits per heavy atom. The number of benzene rings is 3. The van der Waals surface area contributed by atoms with Crippen molar-refractivity contribution in [3.8, 4) is 0 Å². The van der Waals surface area contributed by atoms with Gasteiger partial charge >= 0.3 is 0 Å². The number of rotatable bonds is 6. The second-order valence-electron chi connectivity index (χ2n) is 7.98. The Labute approximate surface area is 187 Å². The van der Waals surface area contributed by atoms with Crippen molar-refractivity contribution in [2.75, 3.05) is 16.8 Å². The molecule has 1 aliphatic rings. The number of nitrogens with one attached hydrogen (secondary N) is 2. The lowest BCUT2D eigenvalue weighted by Gasteiger charge is -2.16. The lowest BCUT2D eigenvalue weighted by molar-refractivity contribution is -0.122. The normalized spacial score (nSPS) is 15.5. The molecule has 32 heavy (non-hydrogen) atoms. The van der Waals surface area contributed by atoms with Gasteiger partial charge in [0.2, 0.25) is 11.8 Å². The molecule has 0 saturated carbocycles. The van der Waals surface area contributed by atoms with Gasteiger partial charge in [0.05, 0.1) is 5.92 Å². The van der Waals surface area contributed by atoms with Crippen LogP contribution in [-0.4, -0.2) is 24.3 Å².